The number of fused-ring (bicyclic) bond motifs is 1. The molecule has 1 aromatic heterocycles. The first-order valence-electron chi connectivity index (χ1n) is 7.29. The van der Waals surface area contributed by atoms with Gasteiger partial charge in [0.25, 0.3) is 5.91 Å². The third-order valence-corrected chi connectivity index (χ3v) is 4.39. The molecule has 0 aliphatic carbocycles. The Bertz CT molecular complexity index is 765. The molecule has 0 fully saturated rings. The number of nitrogens with zero attached hydrogens (tertiary/aromatic N) is 1. The van der Waals surface area contributed by atoms with Crippen LogP contribution >= 0.6 is 11.3 Å². The second-order valence-corrected chi connectivity index (χ2v) is 6.02. The molecule has 124 valence electrons. The lowest BCUT2D eigenvalue weighted by molar-refractivity contribution is -0.143. The number of amides is 1. The van der Waals surface area contributed by atoms with Crippen molar-refractivity contribution >= 4 is 35.8 Å². The van der Waals surface area contributed by atoms with Crippen molar-refractivity contribution in [1.29, 1.82) is 0 Å². The van der Waals surface area contributed by atoms with E-state index in [0.29, 0.717) is 28.9 Å². The lowest BCUT2D eigenvalue weighted by Gasteiger charge is -2.11. The zero-order chi connectivity index (χ0) is 17.1. The Balaban J connectivity index is 1.57. The van der Waals surface area contributed by atoms with Crippen LogP contribution in [0.3, 0.4) is 0 Å². The number of nitrogens with one attached hydrogen (secondary N) is 1. The Hall–Kier alpha value is -2.23. The molecule has 0 atom stereocenters. The van der Waals surface area contributed by atoms with Gasteiger partial charge in [0.05, 0.1) is 17.8 Å². The van der Waals surface area contributed by atoms with Gasteiger partial charge in [-0.05, 0) is 29.6 Å². The highest BCUT2D eigenvalue weighted by Crippen LogP contribution is 2.16. The highest BCUT2D eigenvalue weighted by atomic mass is 32.1. The van der Waals surface area contributed by atoms with Crippen LogP contribution in [0, 0.1) is 6.92 Å². The van der Waals surface area contributed by atoms with E-state index in [4.69, 9.17) is 9.39 Å². The average molecular weight is 346 g/mol. The van der Waals surface area contributed by atoms with E-state index in [2.05, 4.69) is 10.3 Å². The summed E-state index contributed by atoms with van der Waals surface area (Å²) in [6.07, 6.45) is 0. The molecule has 1 aliphatic heterocycles. The first-order valence-corrected chi connectivity index (χ1v) is 8.23. The number of benzene rings is 1. The number of aromatic nitrogens is 1. The van der Waals surface area contributed by atoms with Gasteiger partial charge in [-0.15, -0.1) is 11.3 Å². The predicted molar refractivity (Wildman–Crippen MR) is 87.8 cm³/mol. The summed E-state index contributed by atoms with van der Waals surface area (Å²) in [6, 6.07) is 3.40. The molecule has 0 bridgehead atoms. The second kappa shape index (κ2) is 7.12. The summed E-state index contributed by atoms with van der Waals surface area (Å²) in [5.74, 6) is -0.946. The summed E-state index contributed by atoms with van der Waals surface area (Å²) in [5, 5.41) is 14.1. The van der Waals surface area contributed by atoms with Crippen LogP contribution in [0.15, 0.2) is 23.0 Å². The van der Waals surface area contributed by atoms with Crippen molar-refractivity contribution in [2.75, 3.05) is 6.54 Å². The first-order chi connectivity index (χ1) is 11.6. The zero-order valence-corrected chi connectivity index (χ0v) is 13.8. The lowest BCUT2D eigenvalue weighted by atomic mass is 9.75. The van der Waals surface area contributed by atoms with Gasteiger partial charge in [0, 0.05) is 10.9 Å². The summed E-state index contributed by atoms with van der Waals surface area (Å²) in [6.45, 7) is 1.91. The van der Waals surface area contributed by atoms with Crippen LogP contribution in [0.25, 0.3) is 0 Å². The van der Waals surface area contributed by atoms with Crippen molar-refractivity contribution in [2.45, 2.75) is 20.1 Å². The number of rotatable bonds is 5. The van der Waals surface area contributed by atoms with Gasteiger partial charge in [-0.1, -0.05) is 6.07 Å². The van der Waals surface area contributed by atoms with Crippen molar-refractivity contribution in [3.63, 3.8) is 0 Å². The van der Waals surface area contributed by atoms with Crippen LogP contribution in [0.2, 0.25) is 0 Å². The normalized spacial score (nSPS) is 12.8. The van der Waals surface area contributed by atoms with E-state index in [0.717, 1.165) is 5.56 Å². The summed E-state index contributed by atoms with van der Waals surface area (Å²) < 4.78 is 10.2. The molecule has 2 aromatic rings. The van der Waals surface area contributed by atoms with Crippen molar-refractivity contribution < 1.29 is 24.0 Å². The second-order valence-electron chi connectivity index (χ2n) is 5.30. The molecule has 0 spiro atoms. The molecule has 24 heavy (non-hydrogen) atoms. The third kappa shape index (κ3) is 3.48. The monoisotopic (exact) mass is 346 g/mol. The van der Waals surface area contributed by atoms with Gasteiger partial charge in [0.1, 0.15) is 13.2 Å². The fraction of sp³-hybridized carbons (Fsp3) is 0.267. The molecule has 1 aromatic carbocycles. The van der Waals surface area contributed by atoms with Crippen molar-refractivity contribution in [3.05, 3.63) is 45.4 Å². The van der Waals surface area contributed by atoms with Crippen LogP contribution < -0.4 is 10.8 Å². The molecule has 0 saturated carbocycles. The number of thiazole rings is 1. The maximum Gasteiger partial charge on any atom is 0.492 e. The molecular weight excluding hydrogens is 331 g/mol. The van der Waals surface area contributed by atoms with Crippen LogP contribution in [-0.4, -0.2) is 35.5 Å². The van der Waals surface area contributed by atoms with Crippen LogP contribution in [0.5, 0.6) is 0 Å². The Kier molecular flexibility index (Phi) is 4.93. The number of carbonyl (C=O) groups excluding carboxylic acids is 2. The van der Waals surface area contributed by atoms with Crippen molar-refractivity contribution in [2.24, 2.45) is 0 Å². The topological polar surface area (TPSA) is 97.8 Å². The predicted octanol–water partition coefficient (Wildman–Crippen LogP) is 0.142. The zero-order valence-electron chi connectivity index (χ0n) is 12.9. The first kappa shape index (κ1) is 16.6. The maximum absolute atomic E-state index is 12.3. The van der Waals surface area contributed by atoms with E-state index >= 15 is 0 Å². The number of carbonyl (C=O) groups is 2. The van der Waals surface area contributed by atoms with E-state index in [1.165, 1.54) is 11.3 Å². The lowest BCUT2D eigenvalue weighted by Crippen LogP contribution is -2.35. The molecule has 7 nitrogen and oxygen atoms in total. The van der Waals surface area contributed by atoms with E-state index in [1.54, 1.807) is 29.9 Å². The third-order valence-electron chi connectivity index (χ3n) is 3.75. The molecule has 2 heterocycles. The van der Waals surface area contributed by atoms with E-state index in [-0.39, 0.29) is 13.2 Å². The van der Waals surface area contributed by atoms with Gasteiger partial charge in [-0.2, -0.15) is 0 Å². The summed E-state index contributed by atoms with van der Waals surface area (Å²) >= 11 is 1.42. The molecular formula is C15H15BN2O5S. The number of hydrogen-bond acceptors (Lipinski definition) is 7. The molecule has 0 saturated heterocycles. The SMILES string of the molecule is Cc1c(C(=O)NCC(=O)OCc2cscn2)ccc2c1B(O)OC2. The fourth-order valence-electron chi connectivity index (χ4n) is 2.51. The largest absolute Gasteiger partial charge is 0.492 e. The fourth-order valence-corrected chi connectivity index (χ4v) is 3.06. The van der Waals surface area contributed by atoms with Gasteiger partial charge in [0.15, 0.2) is 0 Å². The van der Waals surface area contributed by atoms with E-state index in [9.17, 15) is 14.6 Å². The molecule has 1 amide bonds. The Morgan fingerprint density at radius 1 is 1.50 bits per heavy atom. The molecule has 3 rings (SSSR count). The molecule has 0 unspecified atom stereocenters. The van der Waals surface area contributed by atoms with Crippen molar-refractivity contribution in [3.8, 4) is 0 Å². The quantitative estimate of drug-likeness (QED) is 0.591. The average Bonchev–Trinajstić information content (AvgIpc) is 3.21. The highest BCUT2D eigenvalue weighted by Gasteiger charge is 2.31. The van der Waals surface area contributed by atoms with Crippen LogP contribution in [0.1, 0.15) is 27.2 Å². The van der Waals surface area contributed by atoms with Gasteiger partial charge in [0.2, 0.25) is 0 Å². The molecule has 2 N–H and O–H groups in total. The maximum atomic E-state index is 12.3. The standard InChI is InChI=1S/C15H15BN2O5S/c1-9-12(3-2-10-5-23-16(21)14(9)10)15(20)17-4-13(19)22-6-11-7-24-8-18-11/h2-3,7-8,21H,4-6H2,1H3,(H,17,20). The van der Waals surface area contributed by atoms with Crippen LogP contribution in [-0.2, 0) is 27.4 Å². The summed E-state index contributed by atoms with van der Waals surface area (Å²) in [7, 11) is -1.02. The number of hydrogen-bond donors (Lipinski definition) is 2. The summed E-state index contributed by atoms with van der Waals surface area (Å²) in [5.41, 5.74) is 4.84. The minimum Gasteiger partial charge on any atom is -0.458 e. The Morgan fingerprint density at radius 3 is 3.08 bits per heavy atom. The number of esters is 1. The van der Waals surface area contributed by atoms with Crippen LogP contribution in [0.4, 0.5) is 0 Å². The van der Waals surface area contributed by atoms with Gasteiger partial charge >= 0.3 is 13.1 Å². The Morgan fingerprint density at radius 2 is 2.33 bits per heavy atom. The smallest absolute Gasteiger partial charge is 0.458 e. The highest BCUT2D eigenvalue weighted by molar-refractivity contribution is 7.07. The summed E-state index contributed by atoms with van der Waals surface area (Å²) in [4.78, 5) is 27.9. The minimum absolute atomic E-state index is 0.0829. The van der Waals surface area contributed by atoms with Gasteiger partial charge in [-0.25, -0.2) is 4.98 Å². The van der Waals surface area contributed by atoms with E-state index < -0.39 is 19.0 Å². The van der Waals surface area contributed by atoms with E-state index in [1.807, 2.05) is 0 Å². The molecule has 9 heteroatoms. The number of ether oxygens (including phenoxy) is 1. The minimum atomic E-state index is -1.02. The Labute approximate surface area is 142 Å². The molecule has 0 radical (unpaired) electrons. The van der Waals surface area contributed by atoms with Gasteiger partial charge in [-0.3, -0.25) is 9.59 Å². The van der Waals surface area contributed by atoms with Gasteiger partial charge < -0.3 is 19.7 Å². The molecule has 1 aliphatic rings. The van der Waals surface area contributed by atoms with Crippen molar-refractivity contribution in [1.82, 2.24) is 10.3 Å².